The second-order valence-corrected chi connectivity index (χ2v) is 6.56. The minimum absolute atomic E-state index is 0.0554. The molecular formula is C21H18N2O4. The summed E-state index contributed by atoms with van der Waals surface area (Å²) in [4.78, 5) is 0. The van der Waals surface area contributed by atoms with E-state index < -0.39 is 6.23 Å². The zero-order valence-corrected chi connectivity index (χ0v) is 14.7. The van der Waals surface area contributed by atoms with Crippen LogP contribution in [0.5, 0.6) is 17.2 Å². The smallest absolute Gasteiger partial charge is 0.246 e. The molecule has 0 amide bonds. The molecule has 1 N–H and O–H groups in total. The maximum absolute atomic E-state index is 9.87. The Kier molecular flexibility index (Phi) is 3.57. The molecule has 3 aromatic rings. The molecule has 2 aromatic carbocycles. The molecule has 27 heavy (non-hydrogen) atoms. The molecule has 2 atom stereocenters. The largest absolute Gasteiger partial charge is 0.504 e. The summed E-state index contributed by atoms with van der Waals surface area (Å²) in [5, 5.41) is 16.7. The normalized spacial score (nSPS) is 20.5. The zero-order chi connectivity index (χ0) is 18.4. The Bertz CT molecular complexity index is 1010. The van der Waals surface area contributed by atoms with E-state index in [1.807, 2.05) is 41.4 Å². The number of aromatic hydroxyl groups is 1. The second-order valence-electron chi connectivity index (χ2n) is 6.56. The van der Waals surface area contributed by atoms with E-state index >= 15 is 0 Å². The van der Waals surface area contributed by atoms with Crippen LogP contribution in [0.3, 0.4) is 0 Å². The van der Waals surface area contributed by atoms with E-state index in [4.69, 9.17) is 19.0 Å². The van der Waals surface area contributed by atoms with E-state index in [2.05, 4.69) is 6.07 Å². The molecule has 6 nitrogen and oxygen atoms in total. The molecule has 0 spiro atoms. The van der Waals surface area contributed by atoms with Gasteiger partial charge in [0.05, 0.1) is 25.1 Å². The summed E-state index contributed by atoms with van der Waals surface area (Å²) >= 11 is 0. The first-order chi connectivity index (χ1) is 13.2. The van der Waals surface area contributed by atoms with Crippen molar-refractivity contribution in [1.82, 2.24) is 5.01 Å². The molecule has 0 saturated carbocycles. The van der Waals surface area contributed by atoms with E-state index in [-0.39, 0.29) is 11.8 Å². The van der Waals surface area contributed by atoms with E-state index in [0.717, 1.165) is 29.0 Å². The van der Waals surface area contributed by atoms with Crippen LogP contribution in [0.1, 0.15) is 35.6 Å². The quantitative estimate of drug-likeness (QED) is 0.755. The Hall–Kier alpha value is -3.41. The molecule has 5 rings (SSSR count). The number of hydrazone groups is 1. The molecule has 0 bridgehead atoms. The molecule has 0 aliphatic carbocycles. The third-order valence-electron chi connectivity index (χ3n) is 5.00. The van der Waals surface area contributed by atoms with Crippen LogP contribution < -0.4 is 9.47 Å². The first-order valence-electron chi connectivity index (χ1n) is 8.77. The lowest BCUT2D eigenvalue weighted by Crippen LogP contribution is -2.33. The lowest BCUT2D eigenvalue weighted by molar-refractivity contribution is -0.0325. The van der Waals surface area contributed by atoms with Gasteiger partial charge in [-0.05, 0) is 36.4 Å². The van der Waals surface area contributed by atoms with Gasteiger partial charge in [-0.1, -0.05) is 18.2 Å². The third-order valence-corrected chi connectivity index (χ3v) is 5.00. The highest BCUT2D eigenvalue weighted by atomic mass is 16.5. The van der Waals surface area contributed by atoms with Crippen LogP contribution in [0.4, 0.5) is 0 Å². The lowest BCUT2D eigenvalue weighted by atomic mass is 9.96. The summed E-state index contributed by atoms with van der Waals surface area (Å²) in [6, 6.07) is 17.1. The summed E-state index contributed by atoms with van der Waals surface area (Å²) in [7, 11) is 1.54. The van der Waals surface area contributed by atoms with Crippen molar-refractivity contribution in [2.75, 3.05) is 7.11 Å². The highest BCUT2D eigenvalue weighted by molar-refractivity contribution is 6.02. The Morgan fingerprint density at radius 3 is 2.85 bits per heavy atom. The summed E-state index contributed by atoms with van der Waals surface area (Å²) in [5.41, 5.74) is 2.93. The predicted molar refractivity (Wildman–Crippen MR) is 98.9 cm³/mol. The van der Waals surface area contributed by atoms with Crippen molar-refractivity contribution in [1.29, 1.82) is 0 Å². The first kappa shape index (κ1) is 15.8. The van der Waals surface area contributed by atoms with Gasteiger partial charge in [-0.15, -0.1) is 0 Å². The van der Waals surface area contributed by atoms with Gasteiger partial charge >= 0.3 is 0 Å². The number of phenolic OH excluding ortho intramolecular Hbond substituents is 1. The molecule has 0 fully saturated rings. The average Bonchev–Trinajstić information content (AvgIpc) is 3.38. The SMILES string of the molecule is COc1cc(C2=NN3C(C2)c2ccccc2OC3c2ccco2)ccc1O. The number of hydrogen-bond acceptors (Lipinski definition) is 6. The van der Waals surface area contributed by atoms with Crippen molar-refractivity contribution in [3.63, 3.8) is 0 Å². The maximum atomic E-state index is 9.87. The van der Waals surface area contributed by atoms with Gasteiger partial charge in [0.2, 0.25) is 6.23 Å². The fraction of sp³-hybridized carbons (Fsp3) is 0.190. The third kappa shape index (κ3) is 2.52. The van der Waals surface area contributed by atoms with Crippen LogP contribution in [0.15, 0.2) is 70.4 Å². The Balaban J connectivity index is 1.58. The van der Waals surface area contributed by atoms with Gasteiger partial charge in [-0.2, -0.15) is 5.10 Å². The van der Waals surface area contributed by atoms with Crippen LogP contribution in [0, 0.1) is 0 Å². The average molecular weight is 362 g/mol. The molecule has 1 aromatic heterocycles. The van der Waals surface area contributed by atoms with Crippen LogP contribution in [0.25, 0.3) is 0 Å². The number of furan rings is 1. The van der Waals surface area contributed by atoms with Crippen LogP contribution in [-0.4, -0.2) is 22.9 Å². The van der Waals surface area contributed by atoms with Gasteiger partial charge in [0.1, 0.15) is 5.75 Å². The van der Waals surface area contributed by atoms with E-state index in [1.54, 1.807) is 18.4 Å². The van der Waals surface area contributed by atoms with Crippen LogP contribution in [0.2, 0.25) is 0 Å². The highest BCUT2D eigenvalue weighted by Crippen LogP contribution is 2.47. The number of fused-ring (bicyclic) bond motifs is 3. The number of ether oxygens (including phenoxy) is 2. The van der Waals surface area contributed by atoms with Gasteiger partial charge in [-0.3, -0.25) is 0 Å². The standard InChI is InChI=1S/C21H18N2O4/c1-25-20-11-13(8-9-17(20)24)15-12-16-14-5-2-3-6-18(14)27-21(23(16)22-15)19-7-4-10-26-19/h2-11,16,21,24H,12H2,1H3. The molecule has 3 heterocycles. The molecule has 6 heteroatoms. The molecule has 2 unspecified atom stereocenters. The lowest BCUT2D eigenvalue weighted by Gasteiger charge is -2.36. The van der Waals surface area contributed by atoms with Crippen molar-refractivity contribution < 1.29 is 19.0 Å². The van der Waals surface area contributed by atoms with Gasteiger partial charge in [0.15, 0.2) is 17.3 Å². The zero-order valence-electron chi connectivity index (χ0n) is 14.7. The fourth-order valence-corrected chi connectivity index (χ4v) is 3.69. The molecule has 0 saturated heterocycles. The Morgan fingerprint density at radius 1 is 1.15 bits per heavy atom. The summed E-state index contributed by atoms with van der Waals surface area (Å²) in [6.45, 7) is 0. The monoisotopic (exact) mass is 362 g/mol. The molecular weight excluding hydrogens is 344 g/mol. The van der Waals surface area contributed by atoms with Crippen molar-refractivity contribution >= 4 is 5.71 Å². The van der Waals surface area contributed by atoms with Gasteiger partial charge < -0.3 is 19.0 Å². The Labute approximate surface area is 156 Å². The maximum Gasteiger partial charge on any atom is 0.246 e. The number of para-hydroxylation sites is 1. The van der Waals surface area contributed by atoms with Crippen molar-refractivity contribution in [2.24, 2.45) is 5.10 Å². The van der Waals surface area contributed by atoms with Crippen molar-refractivity contribution in [2.45, 2.75) is 18.7 Å². The number of rotatable bonds is 3. The van der Waals surface area contributed by atoms with Gasteiger partial charge in [-0.25, -0.2) is 5.01 Å². The van der Waals surface area contributed by atoms with E-state index in [9.17, 15) is 5.11 Å². The molecule has 136 valence electrons. The second kappa shape index (κ2) is 6.09. The van der Waals surface area contributed by atoms with E-state index in [0.29, 0.717) is 11.5 Å². The minimum atomic E-state index is -0.420. The number of phenols is 1. The molecule has 2 aliphatic heterocycles. The topological polar surface area (TPSA) is 67.4 Å². The number of nitrogens with zero attached hydrogens (tertiary/aromatic N) is 2. The molecule has 0 radical (unpaired) electrons. The van der Waals surface area contributed by atoms with Gasteiger partial charge in [0, 0.05) is 17.5 Å². The van der Waals surface area contributed by atoms with Crippen LogP contribution >= 0.6 is 0 Å². The van der Waals surface area contributed by atoms with Crippen LogP contribution in [-0.2, 0) is 0 Å². The van der Waals surface area contributed by atoms with E-state index in [1.165, 1.54) is 7.11 Å². The number of benzene rings is 2. The predicted octanol–water partition coefficient (Wildman–Crippen LogP) is 4.24. The minimum Gasteiger partial charge on any atom is -0.504 e. The van der Waals surface area contributed by atoms with Crippen molar-refractivity contribution in [3.05, 3.63) is 77.7 Å². The highest BCUT2D eigenvalue weighted by Gasteiger charge is 2.42. The fourth-order valence-electron chi connectivity index (χ4n) is 3.69. The molecule has 2 aliphatic rings. The first-order valence-corrected chi connectivity index (χ1v) is 8.77. The summed E-state index contributed by atoms with van der Waals surface area (Å²) < 4.78 is 17.0. The Morgan fingerprint density at radius 2 is 2.04 bits per heavy atom. The van der Waals surface area contributed by atoms with Crippen molar-refractivity contribution in [3.8, 4) is 17.2 Å². The number of methoxy groups -OCH3 is 1. The number of hydrogen-bond donors (Lipinski definition) is 1. The summed E-state index contributed by atoms with van der Waals surface area (Å²) in [5.74, 6) is 2.10. The van der Waals surface area contributed by atoms with Gasteiger partial charge in [0.25, 0.3) is 0 Å². The summed E-state index contributed by atoms with van der Waals surface area (Å²) in [6.07, 6.45) is 1.95.